The van der Waals surface area contributed by atoms with Crippen LogP contribution in [0.4, 0.5) is 8.78 Å². The van der Waals surface area contributed by atoms with Crippen LogP contribution in [0.1, 0.15) is 29.8 Å². The molecule has 0 aromatic heterocycles. The van der Waals surface area contributed by atoms with E-state index in [1.807, 2.05) is 0 Å². The molecule has 0 unspecified atom stereocenters. The Bertz CT molecular complexity index is 1220. The quantitative estimate of drug-likeness (QED) is 0.176. The molecular formula is C25H29F2N5O7. The average molecular weight is 549 g/mol. The number of aliphatic hydroxyl groups is 1. The summed E-state index contributed by atoms with van der Waals surface area (Å²) >= 11 is 0. The minimum atomic E-state index is -1.57. The minimum Gasteiger partial charge on any atom is -0.508 e. The molecule has 0 spiro atoms. The average Bonchev–Trinajstić information content (AvgIpc) is 2.87. The molecule has 0 saturated heterocycles. The number of primary amides is 1. The summed E-state index contributed by atoms with van der Waals surface area (Å²) < 4.78 is 26.4. The first kappa shape index (κ1) is 30.6. The molecule has 2 rings (SSSR count). The van der Waals surface area contributed by atoms with Gasteiger partial charge >= 0.3 is 0 Å². The lowest BCUT2D eigenvalue weighted by molar-refractivity contribution is -0.134. The number of aromatic hydroxyl groups is 1. The molecule has 0 radical (unpaired) electrons. The van der Waals surface area contributed by atoms with Crippen molar-refractivity contribution in [1.29, 1.82) is 0 Å². The van der Waals surface area contributed by atoms with Crippen LogP contribution in [0.2, 0.25) is 0 Å². The number of benzene rings is 2. The second-order valence-electron chi connectivity index (χ2n) is 8.66. The summed E-state index contributed by atoms with van der Waals surface area (Å²) in [6, 6.07) is 4.22. The molecule has 2 aromatic carbocycles. The molecular weight excluding hydrogens is 519 g/mol. The van der Waals surface area contributed by atoms with Crippen LogP contribution in [0, 0.1) is 11.6 Å². The first-order valence-corrected chi connectivity index (χ1v) is 11.7. The standard InChI is InChI=1S/C25H29F2N5O7/c1-12(22(28)36)30-24(38)19(9-14-3-6-16(34)7-4-14)31-25(39)21(13(2)33)32-20(35)11-29-23(37)15-5-8-17(26)18(27)10-15/h3-8,10,12-13,19,21,33-34H,9,11H2,1-2H3,(H2,28,36)(H,29,37)(H,30,38)(H,31,39)(H,32,35)/t12-,13+,19-,21-/m0/s1/i26-1. The zero-order chi connectivity index (χ0) is 29.3. The summed E-state index contributed by atoms with van der Waals surface area (Å²) in [7, 11) is 0. The fraction of sp³-hybridized carbons (Fsp3) is 0.320. The van der Waals surface area contributed by atoms with Gasteiger partial charge in [0.05, 0.1) is 12.6 Å². The Morgan fingerprint density at radius 3 is 2.10 bits per heavy atom. The molecule has 14 heteroatoms. The fourth-order valence-electron chi connectivity index (χ4n) is 3.25. The zero-order valence-corrected chi connectivity index (χ0v) is 21.0. The Morgan fingerprint density at radius 2 is 1.54 bits per heavy atom. The summed E-state index contributed by atoms with van der Waals surface area (Å²) in [4.78, 5) is 61.6. The number of hydrogen-bond acceptors (Lipinski definition) is 7. The summed E-state index contributed by atoms with van der Waals surface area (Å²) in [5.41, 5.74) is 5.46. The minimum absolute atomic E-state index is 0.0281. The molecule has 0 aliphatic rings. The number of phenolic OH excluding ortho intramolecular Hbond substituents is 1. The molecule has 12 nitrogen and oxygen atoms in total. The lowest BCUT2D eigenvalue weighted by Crippen LogP contribution is -2.59. The SMILES string of the molecule is C[C@H](NC(=O)[C@H](Cc1ccc(O)cc1)NC(=O)[C@@H](NC(=O)CNC(=O)c1ccc([18F])c(F)c1)[C@@H](C)O)C(N)=O. The lowest BCUT2D eigenvalue weighted by Gasteiger charge is -2.25. The molecule has 210 valence electrons. The van der Waals surface area contributed by atoms with Crippen LogP contribution in [0.3, 0.4) is 0 Å². The molecule has 39 heavy (non-hydrogen) atoms. The van der Waals surface area contributed by atoms with Crippen molar-refractivity contribution in [3.05, 3.63) is 65.2 Å². The van der Waals surface area contributed by atoms with E-state index in [9.17, 15) is 43.0 Å². The second kappa shape index (κ2) is 13.8. The van der Waals surface area contributed by atoms with Crippen LogP contribution in [0.25, 0.3) is 0 Å². The highest BCUT2D eigenvalue weighted by Crippen LogP contribution is 2.12. The Morgan fingerprint density at radius 1 is 0.897 bits per heavy atom. The van der Waals surface area contributed by atoms with Gasteiger partial charge < -0.3 is 37.2 Å². The van der Waals surface area contributed by atoms with Crippen molar-refractivity contribution in [2.45, 2.75) is 44.5 Å². The van der Waals surface area contributed by atoms with Crippen LogP contribution in [0.5, 0.6) is 5.75 Å². The van der Waals surface area contributed by atoms with Crippen molar-refractivity contribution in [2.24, 2.45) is 5.73 Å². The molecule has 0 heterocycles. The molecule has 8 N–H and O–H groups in total. The summed E-state index contributed by atoms with van der Waals surface area (Å²) in [6.45, 7) is 1.86. The number of hydrogen-bond donors (Lipinski definition) is 7. The topological polar surface area (TPSA) is 200 Å². The van der Waals surface area contributed by atoms with Crippen LogP contribution >= 0.6 is 0 Å². The van der Waals surface area contributed by atoms with E-state index < -0.39 is 71.9 Å². The van der Waals surface area contributed by atoms with E-state index >= 15 is 0 Å². The zero-order valence-electron chi connectivity index (χ0n) is 21.0. The molecule has 2 aromatic rings. The van der Waals surface area contributed by atoms with Crippen molar-refractivity contribution in [1.82, 2.24) is 21.3 Å². The predicted octanol–water partition coefficient (Wildman–Crippen LogP) is -1.02. The van der Waals surface area contributed by atoms with Crippen LogP contribution in [-0.2, 0) is 25.6 Å². The van der Waals surface area contributed by atoms with Crippen LogP contribution < -0.4 is 27.0 Å². The molecule has 0 aliphatic heterocycles. The largest absolute Gasteiger partial charge is 0.508 e. The Balaban J connectivity index is 2.09. The molecule has 0 saturated carbocycles. The summed E-state index contributed by atoms with van der Waals surface area (Å²) in [5.74, 6) is -6.80. The van der Waals surface area contributed by atoms with Crippen LogP contribution in [-0.4, -0.2) is 70.5 Å². The Hall–Kier alpha value is -4.59. The smallest absolute Gasteiger partial charge is 0.251 e. The lowest BCUT2D eigenvalue weighted by atomic mass is 10.0. The van der Waals surface area contributed by atoms with Crippen molar-refractivity contribution >= 4 is 29.5 Å². The van der Waals surface area contributed by atoms with Gasteiger partial charge in [0.15, 0.2) is 11.6 Å². The highest BCUT2D eigenvalue weighted by Gasteiger charge is 2.31. The van der Waals surface area contributed by atoms with Gasteiger partial charge in [0.1, 0.15) is 23.9 Å². The number of aliphatic hydroxyl groups excluding tert-OH is 1. The van der Waals surface area contributed by atoms with E-state index in [2.05, 4.69) is 21.3 Å². The number of phenols is 1. The van der Waals surface area contributed by atoms with Crippen molar-refractivity contribution in [3.63, 3.8) is 0 Å². The monoisotopic (exact) mass is 548 g/mol. The first-order chi connectivity index (χ1) is 18.3. The number of nitrogens with one attached hydrogen (secondary N) is 4. The van der Waals surface area contributed by atoms with Gasteiger partial charge in [-0.2, -0.15) is 0 Å². The van der Waals surface area contributed by atoms with Gasteiger partial charge in [0, 0.05) is 12.0 Å². The van der Waals surface area contributed by atoms with Gasteiger partial charge in [-0.25, -0.2) is 8.78 Å². The third-order valence-corrected chi connectivity index (χ3v) is 5.47. The Kier molecular flexibility index (Phi) is 10.8. The van der Waals surface area contributed by atoms with Gasteiger partial charge in [-0.1, -0.05) is 12.1 Å². The molecule has 0 fully saturated rings. The van der Waals surface area contributed by atoms with Gasteiger partial charge in [-0.15, -0.1) is 0 Å². The predicted molar refractivity (Wildman–Crippen MR) is 133 cm³/mol. The number of nitrogens with two attached hydrogens (primary N) is 1. The van der Waals surface area contributed by atoms with Gasteiger partial charge in [-0.05, 0) is 49.7 Å². The fourth-order valence-corrected chi connectivity index (χ4v) is 3.25. The third kappa shape index (κ3) is 9.34. The number of amides is 5. The third-order valence-electron chi connectivity index (χ3n) is 5.47. The van der Waals surface area contributed by atoms with E-state index in [1.54, 1.807) is 0 Å². The molecule has 0 aliphatic carbocycles. The highest BCUT2D eigenvalue weighted by molar-refractivity contribution is 5.98. The van der Waals surface area contributed by atoms with E-state index in [-0.39, 0.29) is 17.7 Å². The van der Waals surface area contributed by atoms with E-state index in [1.165, 1.54) is 38.1 Å². The van der Waals surface area contributed by atoms with Crippen molar-refractivity contribution in [3.8, 4) is 5.75 Å². The maximum absolute atomic E-state index is 13.3. The number of rotatable bonds is 12. The number of halogens is 2. The number of carbonyl (C=O) groups is 5. The van der Waals surface area contributed by atoms with E-state index in [0.717, 1.165) is 12.1 Å². The van der Waals surface area contributed by atoms with Gasteiger partial charge in [0.2, 0.25) is 23.6 Å². The molecule has 0 bridgehead atoms. The Labute approximate surface area is 221 Å². The molecule has 4 atom stereocenters. The normalized spacial score (nSPS) is 13.8. The maximum atomic E-state index is 13.3. The summed E-state index contributed by atoms with van der Waals surface area (Å²) in [5, 5.41) is 28.8. The van der Waals surface area contributed by atoms with Gasteiger partial charge in [0.25, 0.3) is 5.91 Å². The second-order valence-corrected chi connectivity index (χ2v) is 8.66. The van der Waals surface area contributed by atoms with Crippen molar-refractivity contribution in [2.75, 3.05) is 6.54 Å². The summed E-state index contributed by atoms with van der Waals surface area (Å²) in [6.07, 6.45) is -1.54. The van der Waals surface area contributed by atoms with E-state index in [4.69, 9.17) is 5.73 Å². The van der Waals surface area contributed by atoms with Crippen molar-refractivity contribution < 1.29 is 43.0 Å². The maximum Gasteiger partial charge on any atom is 0.251 e. The van der Waals surface area contributed by atoms with Gasteiger partial charge in [-0.3, -0.25) is 24.0 Å². The molecule has 5 amide bonds. The highest BCUT2D eigenvalue weighted by atomic mass is 19.1. The number of carbonyl (C=O) groups excluding carboxylic acids is 5. The first-order valence-electron chi connectivity index (χ1n) is 11.7. The van der Waals surface area contributed by atoms with E-state index in [0.29, 0.717) is 11.6 Å². The van der Waals surface area contributed by atoms with Crippen LogP contribution in [0.15, 0.2) is 42.5 Å².